The van der Waals surface area contributed by atoms with Crippen molar-refractivity contribution in [2.75, 3.05) is 19.1 Å². The lowest BCUT2D eigenvalue weighted by molar-refractivity contribution is -0.132. The van der Waals surface area contributed by atoms with Crippen molar-refractivity contribution in [1.82, 2.24) is 0 Å². The van der Waals surface area contributed by atoms with Crippen LogP contribution in [-0.2, 0) is 9.59 Å². The molecule has 1 N–H and O–H groups in total. The topological polar surface area (TPSA) is 85.3 Å². The molecule has 7 heteroatoms. The number of para-hydroxylation sites is 1. The van der Waals surface area contributed by atoms with Crippen molar-refractivity contribution in [3.63, 3.8) is 0 Å². The van der Waals surface area contributed by atoms with E-state index < -0.39 is 17.7 Å². The molecule has 0 saturated carbocycles. The molecule has 1 atom stereocenters. The van der Waals surface area contributed by atoms with Crippen molar-refractivity contribution in [3.05, 3.63) is 89.5 Å². The molecule has 3 aromatic carbocycles. The maximum atomic E-state index is 13.4. The molecule has 1 aliphatic heterocycles. The van der Waals surface area contributed by atoms with Crippen molar-refractivity contribution in [1.29, 1.82) is 0 Å². The Hall–Kier alpha value is -4.26. The van der Waals surface area contributed by atoms with Crippen molar-refractivity contribution in [2.24, 2.45) is 0 Å². The molecular weight excluding hydrogens is 446 g/mol. The van der Waals surface area contributed by atoms with Crippen LogP contribution in [0.3, 0.4) is 0 Å². The maximum absolute atomic E-state index is 13.4. The summed E-state index contributed by atoms with van der Waals surface area (Å²) in [4.78, 5) is 28.1. The van der Waals surface area contributed by atoms with Gasteiger partial charge >= 0.3 is 0 Å². The minimum absolute atomic E-state index is 0.00573. The maximum Gasteiger partial charge on any atom is 0.300 e. The number of rotatable bonds is 7. The number of aliphatic hydroxyl groups is 1. The zero-order valence-corrected chi connectivity index (χ0v) is 20.0. The molecule has 0 bridgehead atoms. The zero-order chi connectivity index (χ0) is 25.1. The average Bonchev–Trinajstić information content (AvgIpc) is 3.14. The summed E-state index contributed by atoms with van der Waals surface area (Å²) in [5.74, 6) is -0.624. The van der Waals surface area contributed by atoms with E-state index in [0.29, 0.717) is 28.5 Å². The first-order valence-corrected chi connectivity index (χ1v) is 11.2. The highest BCUT2D eigenvalue weighted by Crippen LogP contribution is 2.45. The minimum atomic E-state index is -0.875. The third-order valence-electron chi connectivity index (χ3n) is 5.71. The largest absolute Gasteiger partial charge is 0.506 e. The Kier molecular flexibility index (Phi) is 6.78. The van der Waals surface area contributed by atoms with E-state index in [4.69, 9.17) is 14.2 Å². The number of hydrogen-bond donors (Lipinski definition) is 1. The Balaban J connectivity index is 1.95. The van der Waals surface area contributed by atoms with E-state index >= 15 is 0 Å². The molecule has 7 nitrogen and oxygen atoms in total. The Labute approximate surface area is 204 Å². The predicted molar refractivity (Wildman–Crippen MR) is 133 cm³/mol. The number of aliphatic hydroxyl groups excluding tert-OH is 1. The number of hydrogen-bond acceptors (Lipinski definition) is 6. The molecule has 0 aliphatic carbocycles. The standard InChI is InChI=1S/C28H27NO6/c1-17(2)35-20-15-13-18(14-16-20)25-24(26(30)23-21(33-3)11-8-12-22(23)34-4)27(31)28(32)29(25)19-9-6-5-7-10-19/h5-17,25,30H,1-4H3/b26-24+. The summed E-state index contributed by atoms with van der Waals surface area (Å²) in [6.45, 7) is 3.86. The molecule has 1 saturated heterocycles. The van der Waals surface area contributed by atoms with Crippen molar-refractivity contribution in [3.8, 4) is 17.2 Å². The number of nitrogens with zero attached hydrogens (tertiary/aromatic N) is 1. The average molecular weight is 474 g/mol. The van der Waals surface area contributed by atoms with Crippen LogP contribution in [0, 0.1) is 0 Å². The van der Waals surface area contributed by atoms with Crippen LogP contribution in [0.25, 0.3) is 5.76 Å². The Morgan fingerprint density at radius 2 is 1.46 bits per heavy atom. The molecule has 1 unspecified atom stereocenters. The van der Waals surface area contributed by atoms with Crippen LogP contribution < -0.4 is 19.1 Å². The van der Waals surface area contributed by atoms with Gasteiger partial charge in [0, 0.05) is 5.69 Å². The number of amides is 1. The number of anilines is 1. The first-order chi connectivity index (χ1) is 16.9. The van der Waals surface area contributed by atoms with Crippen LogP contribution >= 0.6 is 0 Å². The molecule has 180 valence electrons. The second-order valence-electron chi connectivity index (χ2n) is 8.28. The van der Waals surface area contributed by atoms with Gasteiger partial charge in [-0.3, -0.25) is 14.5 Å². The summed E-state index contributed by atoms with van der Waals surface area (Å²) in [5, 5.41) is 11.5. The van der Waals surface area contributed by atoms with Crippen LogP contribution in [0.4, 0.5) is 5.69 Å². The summed E-state index contributed by atoms with van der Waals surface area (Å²) in [6, 6.07) is 20.2. The van der Waals surface area contributed by atoms with Gasteiger partial charge in [0.1, 0.15) is 28.6 Å². The first kappa shape index (κ1) is 23.9. The summed E-state index contributed by atoms with van der Waals surface area (Å²) in [7, 11) is 2.91. The summed E-state index contributed by atoms with van der Waals surface area (Å²) < 4.78 is 16.6. The van der Waals surface area contributed by atoms with Gasteiger partial charge in [-0.1, -0.05) is 36.4 Å². The van der Waals surface area contributed by atoms with E-state index in [1.165, 1.54) is 19.1 Å². The Morgan fingerprint density at radius 1 is 0.857 bits per heavy atom. The van der Waals surface area contributed by atoms with E-state index in [1.807, 2.05) is 19.9 Å². The molecule has 1 heterocycles. The molecule has 1 fully saturated rings. The molecule has 4 rings (SSSR count). The molecule has 0 spiro atoms. The monoisotopic (exact) mass is 473 g/mol. The highest BCUT2D eigenvalue weighted by atomic mass is 16.5. The van der Waals surface area contributed by atoms with Crippen LogP contribution in [0.15, 0.2) is 78.4 Å². The summed E-state index contributed by atoms with van der Waals surface area (Å²) in [6.07, 6.45) is -0.00573. The molecule has 3 aromatic rings. The molecular formula is C28H27NO6. The van der Waals surface area contributed by atoms with Crippen LogP contribution in [0.5, 0.6) is 17.2 Å². The fourth-order valence-electron chi connectivity index (χ4n) is 4.22. The van der Waals surface area contributed by atoms with Gasteiger partial charge in [0.15, 0.2) is 0 Å². The smallest absolute Gasteiger partial charge is 0.300 e. The van der Waals surface area contributed by atoms with Crippen LogP contribution in [0.2, 0.25) is 0 Å². The number of ketones is 1. The Bertz CT molecular complexity index is 1240. The van der Waals surface area contributed by atoms with E-state index in [1.54, 1.807) is 66.7 Å². The lowest BCUT2D eigenvalue weighted by Crippen LogP contribution is -2.29. The predicted octanol–water partition coefficient (Wildman–Crippen LogP) is 5.12. The van der Waals surface area contributed by atoms with Crippen LogP contribution in [0.1, 0.15) is 31.0 Å². The van der Waals surface area contributed by atoms with E-state index in [-0.39, 0.29) is 23.0 Å². The number of ether oxygens (including phenoxy) is 3. The number of carbonyl (C=O) groups excluding carboxylic acids is 2. The summed E-state index contributed by atoms with van der Waals surface area (Å²) >= 11 is 0. The van der Waals surface area contributed by atoms with Gasteiger partial charge in [-0.2, -0.15) is 0 Å². The van der Waals surface area contributed by atoms with Crippen LogP contribution in [-0.4, -0.2) is 37.1 Å². The first-order valence-electron chi connectivity index (χ1n) is 11.2. The fourth-order valence-corrected chi connectivity index (χ4v) is 4.22. The highest BCUT2D eigenvalue weighted by molar-refractivity contribution is 6.51. The van der Waals surface area contributed by atoms with Crippen molar-refractivity contribution in [2.45, 2.75) is 26.0 Å². The third-order valence-corrected chi connectivity index (χ3v) is 5.71. The molecule has 0 aromatic heterocycles. The SMILES string of the molecule is COc1cccc(OC)c1/C(O)=C1\C(=O)C(=O)N(c2ccccc2)C1c1ccc(OC(C)C)cc1. The minimum Gasteiger partial charge on any atom is -0.506 e. The fraction of sp³-hybridized carbons (Fsp3) is 0.214. The number of Topliss-reactive ketones (excluding diaryl/α,β-unsaturated/α-hetero) is 1. The Morgan fingerprint density at radius 3 is 2.00 bits per heavy atom. The summed E-state index contributed by atoms with van der Waals surface area (Å²) in [5.41, 5.74) is 1.32. The number of methoxy groups -OCH3 is 2. The number of carbonyl (C=O) groups is 2. The zero-order valence-electron chi connectivity index (χ0n) is 20.0. The molecule has 1 amide bonds. The van der Waals surface area contributed by atoms with Crippen molar-refractivity contribution >= 4 is 23.1 Å². The van der Waals surface area contributed by atoms with Gasteiger partial charge in [-0.25, -0.2) is 0 Å². The number of benzene rings is 3. The second-order valence-corrected chi connectivity index (χ2v) is 8.28. The van der Waals surface area contributed by atoms with Crippen molar-refractivity contribution < 1.29 is 28.9 Å². The lowest BCUT2D eigenvalue weighted by atomic mass is 9.94. The van der Waals surface area contributed by atoms with E-state index in [0.717, 1.165) is 0 Å². The molecule has 35 heavy (non-hydrogen) atoms. The highest BCUT2D eigenvalue weighted by Gasteiger charge is 2.47. The third kappa shape index (κ3) is 4.45. The second kappa shape index (κ2) is 9.93. The molecule has 1 aliphatic rings. The van der Waals surface area contributed by atoms with Gasteiger partial charge in [0.25, 0.3) is 11.7 Å². The van der Waals surface area contributed by atoms with Gasteiger partial charge in [0.05, 0.1) is 31.9 Å². The van der Waals surface area contributed by atoms with Gasteiger partial charge in [0.2, 0.25) is 0 Å². The molecule has 0 radical (unpaired) electrons. The van der Waals surface area contributed by atoms with Gasteiger partial charge in [-0.05, 0) is 55.8 Å². The van der Waals surface area contributed by atoms with E-state index in [2.05, 4.69) is 0 Å². The normalized spacial score (nSPS) is 17.1. The van der Waals surface area contributed by atoms with Gasteiger partial charge in [-0.15, -0.1) is 0 Å². The van der Waals surface area contributed by atoms with E-state index in [9.17, 15) is 14.7 Å². The quantitative estimate of drug-likeness (QED) is 0.291. The lowest BCUT2D eigenvalue weighted by Gasteiger charge is -2.26. The van der Waals surface area contributed by atoms with Gasteiger partial charge < -0.3 is 19.3 Å².